The van der Waals surface area contributed by atoms with E-state index in [9.17, 15) is 20.1 Å². The van der Waals surface area contributed by atoms with Crippen LogP contribution >= 0.6 is 11.8 Å². The van der Waals surface area contributed by atoms with Crippen molar-refractivity contribution in [2.45, 2.75) is 82.0 Å². The Hall–Kier alpha value is -0.380. The van der Waals surface area contributed by atoms with Crippen LogP contribution in [0, 0.1) is 11.8 Å². The van der Waals surface area contributed by atoms with Gasteiger partial charge in [-0.1, -0.05) is 20.8 Å². The zero-order chi connectivity index (χ0) is 19.4. The third-order valence-corrected chi connectivity index (χ3v) is 6.37. The highest BCUT2D eigenvalue weighted by molar-refractivity contribution is 7.99. The van der Waals surface area contributed by atoms with Crippen LogP contribution in [0.4, 0.5) is 0 Å². The summed E-state index contributed by atoms with van der Waals surface area (Å²) in [5.74, 6) is 0.492. The third-order valence-electron chi connectivity index (χ3n) is 5.51. The van der Waals surface area contributed by atoms with Crippen LogP contribution in [0.5, 0.6) is 0 Å². The Bertz CT molecular complexity index is 465. The quantitative estimate of drug-likeness (QED) is 0.452. The lowest BCUT2D eigenvalue weighted by Gasteiger charge is -2.44. The van der Waals surface area contributed by atoms with Crippen LogP contribution < -0.4 is 10.6 Å². The summed E-state index contributed by atoms with van der Waals surface area (Å²) in [6.45, 7) is 6.89. The van der Waals surface area contributed by atoms with Crippen molar-refractivity contribution in [2.24, 2.45) is 11.8 Å². The minimum atomic E-state index is -1.30. The van der Waals surface area contributed by atoms with Gasteiger partial charge in [-0.2, -0.15) is 0 Å². The van der Waals surface area contributed by atoms with Gasteiger partial charge in [-0.25, -0.2) is 0 Å². The van der Waals surface area contributed by atoms with E-state index < -0.39 is 35.9 Å². The fourth-order valence-corrected chi connectivity index (χ4v) is 4.36. The number of aliphatic hydroxyl groups excluding tert-OH is 3. The zero-order valence-electron chi connectivity index (χ0n) is 16.1. The fraction of sp³-hybridized carbons (Fsp3) is 0.944. The molecule has 0 bridgehead atoms. The topological polar surface area (TPSA) is 111 Å². The molecule has 2 rings (SSSR count). The molecule has 152 valence electrons. The number of carbonyl (C=O) groups excluding carboxylic acids is 1. The van der Waals surface area contributed by atoms with Crippen molar-refractivity contribution < 1.29 is 24.9 Å². The SMILES string of the molecule is CS[C@H]1O[C@H]([C@H](NC(=O)[C@@H]2CCC(C)CCN2)C(C)C)[C@H](O)[C@H](O)[C@H]1O. The molecule has 0 aromatic heterocycles. The van der Waals surface area contributed by atoms with E-state index in [0.29, 0.717) is 5.92 Å². The van der Waals surface area contributed by atoms with Crippen molar-refractivity contribution in [2.75, 3.05) is 12.8 Å². The molecular formula is C18H34N2O5S. The highest BCUT2D eigenvalue weighted by Gasteiger charge is 2.47. The first kappa shape index (κ1) is 21.9. The molecule has 0 aliphatic carbocycles. The summed E-state index contributed by atoms with van der Waals surface area (Å²) in [4.78, 5) is 12.8. The summed E-state index contributed by atoms with van der Waals surface area (Å²) in [5, 5.41) is 37.0. The molecule has 2 saturated heterocycles. The maximum absolute atomic E-state index is 12.8. The van der Waals surface area contributed by atoms with Gasteiger partial charge in [0.2, 0.25) is 5.91 Å². The first-order chi connectivity index (χ1) is 12.3. The predicted octanol–water partition coefficient (Wildman–Crippen LogP) is 0.0760. The standard InChI is InChI=1S/C18H34N2O5S/c1-9(2)12(16-14(22)13(21)15(23)18(25-16)26-4)20-17(24)11-6-5-10(3)7-8-19-11/h9-16,18-19,21-23H,5-8H2,1-4H3,(H,20,24)/t10?,11-,12+,13-,14+,15+,16+,18+/m0/s1. The largest absolute Gasteiger partial charge is 0.388 e. The molecule has 0 spiro atoms. The molecule has 5 N–H and O–H groups in total. The van der Waals surface area contributed by atoms with Crippen molar-refractivity contribution in [1.82, 2.24) is 10.6 Å². The number of hydrogen-bond donors (Lipinski definition) is 5. The van der Waals surface area contributed by atoms with Gasteiger partial charge >= 0.3 is 0 Å². The van der Waals surface area contributed by atoms with Gasteiger partial charge in [-0.3, -0.25) is 4.79 Å². The van der Waals surface area contributed by atoms with Crippen LogP contribution in [-0.4, -0.2) is 76.0 Å². The summed E-state index contributed by atoms with van der Waals surface area (Å²) in [5.41, 5.74) is -0.645. The molecule has 8 atom stereocenters. The van der Waals surface area contributed by atoms with E-state index in [2.05, 4.69) is 17.6 Å². The Morgan fingerprint density at radius 3 is 2.46 bits per heavy atom. The van der Waals surface area contributed by atoms with Gasteiger partial charge in [0.1, 0.15) is 29.9 Å². The van der Waals surface area contributed by atoms with Gasteiger partial charge in [0.15, 0.2) is 0 Å². The van der Waals surface area contributed by atoms with Crippen molar-refractivity contribution in [3.8, 4) is 0 Å². The number of aliphatic hydroxyl groups is 3. The molecule has 0 saturated carbocycles. The smallest absolute Gasteiger partial charge is 0.237 e. The normalized spacial score (nSPS) is 40.1. The number of thioether (sulfide) groups is 1. The second-order valence-corrected chi connectivity index (χ2v) is 8.87. The molecule has 2 heterocycles. The first-order valence-electron chi connectivity index (χ1n) is 9.52. The highest BCUT2D eigenvalue weighted by Crippen LogP contribution is 2.30. The monoisotopic (exact) mass is 390 g/mol. The first-order valence-corrected chi connectivity index (χ1v) is 10.8. The summed E-state index contributed by atoms with van der Waals surface area (Å²) < 4.78 is 5.85. The maximum Gasteiger partial charge on any atom is 0.237 e. The van der Waals surface area contributed by atoms with E-state index in [0.717, 1.165) is 25.8 Å². The van der Waals surface area contributed by atoms with Crippen molar-refractivity contribution in [1.29, 1.82) is 0 Å². The molecule has 2 aliphatic heterocycles. The van der Waals surface area contributed by atoms with Crippen LogP contribution in [0.15, 0.2) is 0 Å². The summed E-state index contributed by atoms with van der Waals surface area (Å²) in [6.07, 6.45) is 0.102. The molecule has 7 nitrogen and oxygen atoms in total. The van der Waals surface area contributed by atoms with Gasteiger partial charge in [0.25, 0.3) is 0 Å². The average molecular weight is 391 g/mol. The summed E-state index contributed by atoms with van der Waals surface area (Å²) in [7, 11) is 0. The molecule has 0 aromatic rings. The number of carbonyl (C=O) groups is 1. The number of rotatable bonds is 5. The van der Waals surface area contributed by atoms with Crippen LogP contribution in [-0.2, 0) is 9.53 Å². The number of hydrogen-bond acceptors (Lipinski definition) is 7. The molecule has 2 fully saturated rings. The Labute approximate surface area is 160 Å². The molecule has 1 unspecified atom stereocenters. The lowest BCUT2D eigenvalue weighted by Crippen LogP contribution is -2.64. The van der Waals surface area contributed by atoms with Crippen molar-refractivity contribution in [3.63, 3.8) is 0 Å². The molecule has 1 amide bonds. The predicted molar refractivity (Wildman–Crippen MR) is 102 cm³/mol. The van der Waals surface area contributed by atoms with Gasteiger partial charge < -0.3 is 30.7 Å². The number of nitrogens with one attached hydrogen (secondary N) is 2. The Morgan fingerprint density at radius 2 is 1.85 bits per heavy atom. The minimum absolute atomic E-state index is 0.00625. The maximum atomic E-state index is 12.8. The van der Waals surface area contributed by atoms with E-state index in [1.165, 1.54) is 11.8 Å². The Kier molecular flexibility index (Phi) is 8.18. The van der Waals surface area contributed by atoms with Crippen molar-refractivity contribution >= 4 is 17.7 Å². The number of ether oxygens (including phenoxy) is 1. The van der Waals surface area contributed by atoms with E-state index in [1.54, 1.807) is 6.26 Å². The van der Waals surface area contributed by atoms with Gasteiger partial charge in [-0.05, 0) is 43.9 Å². The van der Waals surface area contributed by atoms with Crippen molar-refractivity contribution in [3.05, 3.63) is 0 Å². The van der Waals surface area contributed by atoms with Gasteiger partial charge in [0.05, 0.1) is 12.1 Å². The Morgan fingerprint density at radius 1 is 1.15 bits per heavy atom. The van der Waals surface area contributed by atoms with E-state index in [4.69, 9.17) is 4.74 Å². The molecule has 8 heteroatoms. The lowest BCUT2D eigenvalue weighted by molar-refractivity contribution is -0.208. The zero-order valence-corrected chi connectivity index (χ0v) is 16.9. The van der Waals surface area contributed by atoms with Gasteiger partial charge in [-0.15, -0.1) is 11.8 Å². The van der Waals surface area contributed by atoms with Gasteiger partial charge in [0, 0.05) is 0 Å². The lowest BCUT2D eigenvalue weighted by atomic mass is 9.88. The molecule has 0 radical (unpaired) electrons. The van der Waals surface area contributed by atoms with E-state index >= 15 is 0 Å². The Balaban J connectivity index is 2.08. The second kappa shape index (κ2) is 9.71. The highest BCUT2D eigenvalue weighted by atomic mass is 32.2. The second-order valence-electron chi connectivity index (χ2n) is 7.93. The number of amides is 1. The summed E-state index contributed by atoms with van der Waals surface area (Å²) >= 11 is 1.27. The molecular weight excluding hydrogens is 356 g/mol. The molecule has 26 heavy (non-hydrogen) atoms. The van der Waals surface area contributed by atoms with Crippen LogP contribution in [0.3, 0.4) is 0 Å². The fourth-order valence-electron chi connectivity index (χ4n) is 3.68. The third kappa shape index (κ3) is 5.11. The molecule has 0 aromatic carbocycles. The summed E-state index contributed by atoms with van der Waals surface area (Å²) in [6, 6.07) is -0.717. The van der Waals surface area contributed by atoms with Crippen LogP contribution in [0.1, 0.15) is 40.0 Å². The molecule has 2 aliphatic rings. The van der Waals surface area contributed by atoms with E-state index in [-0.39, 0.29) is 17.9 Å². The average Bonchev–Trinajstić information content (AvgIpc) is 2.82. The van der Waals surface area contributed by atoms with E-state index in [1.807, 2.05) is 13.8 Å². The minimum Gasteiger partial charge on any atom is -0.388 e. The van der Waals surface area contributed by atoms with Crippen LogP contribution in [0.2, 0.25) is 0 Å². The van der Waals surface area contributed by atoms with Crippen LogP contribution in [0.25, 0.3) is 0 Å².